The number of halogens is 6. The highest BCUT2D eigenvalue weighted by Gasteiger charge is 2.34. The van der Waals surface area contributed by atoms with E-state index in [0.29, 0.717) is 30.6 Å². The van der Waals surface area contributed by atoms with Crippen LogP contribution >= 0.6 is 0 Å². The minimum atomic E-state index is -4.48. The predicted molar refractivity (Wildman–Crippen MR) is 101 cm³/mol. The van der Waals surface area contributed by atoms with Crippen molar-refractivity contribution in [1.29, 1.82) is 0 Å². The smallest absolute Gasteiger partial charge is 0.416 e. The maximum absolute atomic E-state index is 13.1. The molecule has 2 aromatic carbocycles. The molecule has 0 amide bonds. The van der Waals surface area contributed by atoms with Gasteiger partial charge in [-0.05, 0) is 47.6 Å². The molecule has 0 radical (unpaired) electrons. The number of carboxylic acids is 1. The van der Waals surface area contributed by atoms with Crippen LogP contribution in [0.2, 0.25) is 0 Å². The van der Waals surface area contributed by atoms with Gasteiger partial charge in [0.15, 0.2) is 0 Å². The minimum absolute atomic E-state index is 0.126. The molecule has 31 heavy (non-hydrogen) atoms. The molecule has 0 unspecified atom stereocenters. The van der Waals surface area contributed by atoms with Crippen LogP contribution in [0.25, 0.3) is 0 Å². The van der Waals surface area contributed by atoms with Crippen molar-refractivity contribution in [3.63, 3.8) is 0 Å². The van der Waals surface area contributed by atoms with Gasteiger partial charge in [-0.2, -0.15) is 26.3 Å². The second kappa shape index (κ2) is 8.90. The second-order valence-corrected chi connectivity index (χ2v) is 7.91. The average Bonchev–Trinajstić information content (AvgIpc) is 2.66. The first-order chi connectivity index (χ1) is 14.4. The molecule has 2 atom stereocenters. The van der Waals surface area contributed by atoms with Gasteiger partial charge in [0.05, 0.1) is 11.1 Å². The summed E-state index contributed by atoms with van der Waals surface area (Å²) in [7, 11) is 0. The summed E-state index contributed by atoms with van der Waals surface area (Å²) in [5.74, 6) is -1.58. The zero-order valence-corrected chi connectivity index (χ0v) is 16.4. The molecule has 1 heterocycles. The number of alkyl halides is 6. The predicted octanol–water partition coefficient (Wildman–Crippen LogP) is 5.80. The third kappa shape index (κ3) is 6.22. The van der Waals surface area contributed by atoms with E-state index in [1.165, 1.54) is 18.2 Å². The summed E-state index contributed by atoms with van der Waals surface area (Å²) in [5.41, 5.74) is -0.436. The van der Waals surface area contributed by atoms with E-state index in [2.05, 4.69) is 0 Å². The number of hydrogen-bond acceptors (Lipinski definition) is 2. The van der Waals surface area contributed by atoms with Crippen LogP contribution in [0.15, 0.2) is 48.5 Å². The SMILES string of the molecule is O=C(O)C[C@H]1C[C@H](c2cccc(C(F)(F)F)c2)CN(Cc2ccc(C(F)(F)F)cc2)C1. The molecule has 0 saturated carbocycles. The summed E-state index contributed by atoms with van der Waals surface area (Å²) >= 11 is 0. The second-order valence-electron chi connectivity index (χ2n) is 7.91. The molecule has 1 aliphatic heterocycles. The lowest BCUT2D eigenvalue weighted by molar-refractivity contribution is -0.139. The van der Waals surface area contributed by atoms with Crippen LogP contribution in [0.3, 0.4) is 0 Å². The zero-order valence-electron chi connectivity index (χ0n) is 16.4. The van der Waals surface area contributed by atoms with Gasteiger partial charge in [-0.3, -0.25) is 9.69 Å². The monoisotopic (exact) mass is 445 g/mol. The summed E-state index contributed by atoms with van der Waals surface area (Å²) < 4.78 is 77.6. The highest BCUT2D eigenvalue weighted by Crippen LogP contribution is 2.36. The molecule has 0 spiro atoms. The number of carbonyl (C=O) groups is 1. The summed E-state index contributed by atoms with van der Waals surface area (Å²) in [6, 6.07) is 9.70. The van der Waals surface area contributed by atoms with Crippen LogP contribution in [0.4, 0.5) is 26.3 Å². The van der Waals surface area contributed by atoms with Gasteiger partial charge in [-0.1, -0.05) is 30.3 Å². The summed E-state index contributed by atoms with van der Waals surface area (Å²) in [6.07, 6.45) is -8.62. The van der Waals surface area contributed by atoms with Crippen molar-refractivity contribution in [3.8, 4) is 0 Å². The van der Waals surface area contributed by atoms with E-state index >= 15 is 0 Å². The molecule has 0 aromatic heterocycles. The molecule has 0 aliphatic carbocycles. The Hall–Kier alpha value is -2.55. The standard InChI is InChI=1S/C22H21F6NO2/c23-21(24,25)18-6-4-14(5-7-18)11-29-12-15(9-20(30)31)8-17(13-29)16-2-1-3-19(10-16)22(26,27)28/h1-7,10,15,17H,8-9,11-13H2,(H,30,31)/t15-,17+/m1/s1. The molecule has 9 heteroatoms. The maximum atomic E-state index is 13.1. The lowest BCUT2D eigenvalue weighted by Gasteiger charge is -2.38. The quantitative estimate of drug-likeness (QED) is 0.591. The van der Waals surface area contributed by atoms with Crippen molar-refractivity contribution in [2.24, 2.45) is 5.92 Å². The van der Waals surface area contributed by atoms with Crippen molar-refractivity contribution < 1.29 is 36.2 Å². The Balaban J connectivity index is 1.80. The Bertz CT molecular complexity index is 907. The fraction of sp³-hybridized carbons (Fsp3) is 0.409. The van der Waals surface area contributed by atoms with Gasteiger partial charge >= 0.3 is 18.3 Å². The molecule has 1 aliphatic rings. The maximum Gasteiger partial charge on any atom is 0.416 e. The van der Waals surface area contributed by atoms with Crippen molar-refractivity contribution in [2.45, 2.75) is 37.7 Å². The first-order valence-corrected chi connectivity index (χ1v) is 9.69. The van der Waals surface area contributed by atoms with Crippen LogP contribution in [0, 0.1) is 5.92 Å². The van der Waals surface area contributed by atoms with Gasteiger partial charge in [0, 0.05) is 26.1 Å². The normalized spacial score (nSPS) is 20.6. The Morgan fingerprint density at radius 3 is 2.16 bits per heavy atom. The van der Waals surface area contributed by atoms with Gasteiger partial charge in [-0.25, -0.2) is 0 Å². The summed E-state index contributed by atoms with van der Waals surface area (Å²) in [6.45, 7) is 1.07. The fourth-order valence-electron chi connectivity index (χ4n) is 4.09. The molecule has 1 saturated heterocycles. The van der Waals surface area contributed by atoms with Crippen LogP contribution in [-0.2, 0) is 23.7 Å². The fourth-order valence-corrected chi connectivity index (χ4v) is 4.09. The highest BCUT2D eigenvalue weighted by atomic mass is 19.4. The Morgan fingerprint density at radius 1 is 0.935 bits per heavy atom. The van der Waals surface area contributed by atoms with Crippen LogP contribution < -0.4 is 0 Å². The van der Waals surface area contributed by atoms with E-state index in [1.807, 2.05) is 4.90 Å². The molecule has 2 aromatic rings. The molecule has 0 bridgehead atoms. The third-order valence-electron chi connectivity index (χ3n) is 5.45. The van der Waals surface area contributed by atoms with Gasteiger partial charge in [0.1, 0.15) is 0 Å². The average molecular weight is 445 g/mol. The topological polar surface area (TPSA) is 40.5 Å². The number of aliphatic carboxylic acids is 1. The lowest BCUT2D eigenvalue weighted by Crippen LogP contribution is -2.39. The zero-order chi connectivity index (χ0) is 22.8. The number of benzene rings is 2. The van der Waals surface area contributed by atoms with Crippen LogP contribution in [0.1, 0.15) is 41.0 Å². The van der Waals surface area contributed by atoms with Crippen molar-refractivity contribution in [1.82, 2.24) is 4.90 Å². The lowest BCUT2D eigenvalue weighted by atomic mass is 9.82. The first kappa shape index (κ1) is 23.1. The number of rotatable bonds is 5. The molecular weight excluding hydrogens is 424 g/mol. The summed E-state index contributed by atoms with van der Waals surface area (Å²) in [5, 5.41) is 9.18. The van der Waals surface area contributed by atoms with E-state index in [-0.39, 0.29) is 24.8 Å². The van der Waals surface area contributed by atoms with Crippen molar-refractivity contribution >= 4 is 5.97 Å². The van der Waals surface area contributed by atoms with Crippen molar-refractivity contribution in [3.05, 3.63) is 70.8 Å². The first-order valence-electron chi connectivity index (χ1n) is 9.69. The highest BCUT2D eigenvalue weighted by molar-refractivity contribution is 5.67. The number of nitrogens with zero attached hydrogens (tertiary/aromatic N) is 1. The number of piperidine rings is 1. The molecule has 3 nitrogen and oxygen atoms in total. The molecule has 1 fully saturated rings. The van der Waals surface area contributed by atoms with E-state index in [4.69, 9.17) is 0 Å². The van der Waals surface area contributed by atoms with E-state index in [1.54, 1.807) is 6.07 Å². The van der Waals surface area contributed by atoms with Crippen LogP contribution in [0.5, 0.6) is 0 Å². The minimum Gasteiger partial charge on any atom is -0.481 e. The van der Waals surface area contributed by atoms with Gasteiger partial charge in [0.2, 0.25) is 0 Å². The van der Waals surface area contributed by atoms with Gasteiger partial charge in [-0.15, -0.1) is 0 Å². The van der Waals surface area contributed by atoms with E-state index in [9.17, 15) is 36.2 Å². The van der Waals surface area contributed by atoms with Crippen molar-refractivity contribution in [2.75, 3.05) is 13.1 Å². The molecule has 168 valence electrons. The molecule has 3 rings (SSSR count). The Kier molecular flexibility index (Phi) is 6.64. The number of hydrogen-bond donors (Lipinski definition) is 1. The number of carboxylic acid groups (broad SMARTS) is 1. The molecule has 1 N–H and O–H groups in total. The number of likely N-dealkylation sites (tertiary alicyclic amines) is 1. The van der Waals surface area contributed by atoms with E-state index in [0.717, 1.165) is 24.3 Å². The Morgan fingerprint density at radius 2 is 1.58 bits per heavy atom. The van der Waals surface area contributed by atoms with Gasteiger partial charge < -0.3 is 5.11 Å². The Labute approximate surface area is 175 Å². The largest absolute Gasteiger partial charge is 0.481 e. The van der Waals surface area contributed by atoms with Crippen LogP contribution in [-0.4, -0.2) is 29.1 Å². The van der Waals surface area contributed by atoms with E-state index < -0.39 is 29.4 Å². The summed E-state index contributed by atoms with van der Waals surface area (Å²) in [4.78, 5) is 13.1. The molecular formula is C22H21F6NO2. The van der Waals surface area contributed by atoms with Gasteiger partial charge in [0.25, 0.3) is 0 Å². The third-order valence-corrected chi connectivity index (χ3v) is 5.45.